The fourth-order valence-electron chi connectivity index (χ4n) is 1.99. The van der Waals surface area contributed by atoms with Crippen LogP contribution in [0.15, 0.2) is 24.3 Å². The van der Waals surface area contributed by atoms with E-state index in [2.05, 4.69) is 4.90 Å². The minimum Gasteiger partial charge on any atom is -0.465 e. The molecule has 1 aliphatic rings. The molecule has 2 rings (SSSR count). The van der Waals surface area contributed by atoms with E-state index in [-0.39, 0.29) is 0 Å². The van der Waals surface area contributed by atoms with Gasteiger partial charge in [-0.05, 0) is 24.3 Å². The molecule has 1 aromatic carbocycles. The molecule has 0 atom stereocenters. The third kappa shape index (κ3) is 2.53. The first-order valence-electron chi connectivity index (χ1n) is 5.70. The molecular formula is C12H15N3O3. The number of anilines is 1. The molecule has 6 heteroatoms. The molecule has 1 aromatic rings. The van der Waals surface area contributed by atoms with E-state index in [4.69, 9.17) is 10.8 Å². The lowest BCUT2D eigenvalue weighted by Gasteiger charge is -2.34. The van der Waals surface area contributed by atoms with Gasteiger partial charge in [0.05, 0.1) is 0 Å². The van der Waals surface area contributed by atoms with Crippen molar-refractivity contribution < 1.29 is 14.7 Å². The highest BCUT2D eigenvalue weighted by Gasteiger charge is 2.20. The van der Waals surface area contributed by atoms with Crippen LogP contribution in [0.3, 0.4) is 0 Å². The lowest BCUT2D eigenvalue weighted by atomic mass is 10.1. The number of primary amides is 1. The molecule has 18 heavy (non-hydrogen) atoms. The van der Waals surface area contributed by atoms with Gasteiger partial charge in [-0.2, -0.15) is 0 Å². The van der Waals surface area contributed by atoms with Crippen LogP contribution in [0.2, 0.25) is 0 Å². The molecule has 0 aromatic heterocycles. The normalized spacial score (nSPS) is 15.6. The van der Waals surface area contributed by atoms with Gasteiger partial charge < -0.3 is 20.6 Å². The molecule has 2 amide bonds. The third-order valence-corrected chi connectivity index (χ3v) is 3.07. The Kier molecular flexibility index (Phi) is 3.36. The molecule has 96 valence electrons. The molecule has 0 bridgehead atoms. The number of rotatable bonds is 2. The molecule has 0 unspecified atom stereocenters. The van der Waals surface area contributed by atoms with Crippen LogP contribution >= 0.6 is 0 Å². The van der Waals surface area contributed by atoms with Crippen molar-refractivity contribution in [3.63, 3.8) is 0 Å². The Bertz CT molecular complexity index is 450. The van der Waals surface area contributed by atoms with Crippen LogP contribution in [0.25, 0.3) is 0 Å². The molecule has 1 saturated heterocycles. The minimum atomic E-state index is -0.876. The van der Waals surface area contributed by atoms with Gasteiger partial charge in [0.15, 0.2) is 0 Å². The van der Waals surface area contributed by atoms with Gasteiger partial charge in [0.1, 0.15) is 0 Å². The maximum Gasteiger partial charge on any atom is 0.407 e. The van der Waals surface area contributed by atoms with Gasteiger partial charge in [0, 0.05) is 37.4 Å². The number of hydrogen-bond donors (Lipinski definition) is 2. The summed E-state index contributed by atoms with van der Waals surface area (Å²) in [6.45, 7) is 2.30. The van der Waals surface area contributed by atoms with E-state index in [0.29, 0.717) is 31.7 Å². The first kappa shape index (κ1) is 12.2. The summed E-state index contributed by atoms with van der Waals surface area (Å²) in [5, 5.41) is 8.85. The summed E-state index contributed by atoms with van der Waals surface area (Å²) in [5.74, 6) is -0.447. The van der Waals surface area contributed by atoms with Crippen molar-refractivity contribution in [1.29, 1.82) is 0 Å². The topological polar surface area (TPSA) is 86.9 Å². The average molecular weight is 249 g/mol. The fraction of sp³-hybridized carbons (Fsp3) is 0.333. The van der Waals surface area contributed by atoms with Gasteiger partial charge in [-0.25, -0.2) is 4.79 Å². The minimum absolute atomic E-state index is 0.447. The summed E-state index contributed by atoms with van der Waals surface area (Å²) in [7, 11) is 0. The van der Waals surface area contributed by atoms with Crippen LogP contribution in [-0.4, -0.2) is 48.2 Å². The highest BCUT2D eigenvalue weighted by atomic mass is 16.4. The summed E-state index contributed by atoms with van der Waals surface area (Å²) < 4.78 is 0. The van der Waals surface area contributed by atoms with Crippen molar-refractivity contribution in [3.8, 4) is 0 Å². The van der Waals surface area contributed by atoms with E-state index in [0.717, 1.165) is 5.69 Å². The standard InChI is InChI=1S/C12H15N3O3/c13-11(16)9-1-3-10(4-2-9)14-5-7-15(8-6-14)12(17)18/h1-4H,5-8H2,(H2,13,16)(H,17,18). The molecule has 1 heterocycles. The summed E-state index contributed by atoms with van der Waals surface area (Å²) in [5.41, 5.74) is 6.62. The Labute approximate surface area is 105 Å². The molecule has 1 fully saturated rings. The van der Waals surface area contributed by atoms with Crippen LogP contribution in [-0.2, 0) is 0 Å². The molecule has 0 radical (unpaired) electrons. The molecule has 3 N–H and O–H groups in total. The average Bonchev–Trinajstić information content (AvgIpc) is 2.39. The number of carbonyl (C=O) groups excluding carboxylic acids is 1. The van der Waals surface area contributed by atoms with E-state index in [9.17, 15) is 9.59 Å². The summed E-state index contributed by atoms with van der Waals surface area (Å²) in [6, 6.07) is 7.02. The third-order valence-electron chi connectivity index (χ3n) is 3.07. The van der Waals surface area contributed by atoms with Gasteiger partial charge in [-0.3, -0.25) is 4.79 Å². The maximum absolute atomic E-state index is 10.9. The first-order valence-corrected chi connectivity index (χ1v) is 5.70. The monoisotopic (exact) mass is 249 g/mol. The van der Waals surface area contributed by atoms with Crippen molar-refractivity contribution >= 4 is 17.7 Å². The summed E-state index contributed by atoms with van der Waals surface area (Å²) >= 11 is 0. The van der Waals surface area contributed by atoms with Gasteiger partial charge in [0.2, 0.25) is 5.91 Å². The largest absolute Gasteiger partial charge is 0.465 e. The van der Waals surface area contributed by atoms with Gasteiger partial charge in [-0.15, -0.1) is 0 Å². The number of hydrogen-bond acceptors (Lipinski definition) is 3. The highest BCUT2D eigenvalue weighted by Crippen LogP contribution is 2.17. The summed E-state index contributed by atoms with van der Waals surface area (Å²) in [4.78, 5) is 25.2. The van der Waals surface area contributed by atoms with E-state index < -0.39 is 12.0 Å². The van der Waals surface area contributed by atoms with Gasteiger partial charge >= 0.3 is 6.09 Å². The van der Waals surface area contributed by atoms with Gasteiger partial charge in [-0.1, -0.05) is 0 Å². The summed E-state index contributed by atoms with van der Waals surface area (Å²) in [6.07, 6.45) is -0.876. The lowest BCUT2D eigenvalue weighted by molar-refractivity contribution is 0.1000. The van der Waals surface area contributed by atoms with Crippen LogP contribution in [0, 0.1) is 0 Å². The quantitative estimate of drug-likeness (QED) is 0.803. The first-order chi connectivity index (χ1) is 8.58. The van der Waals surface area contributed by atoms with Crippen LogP contribution in [0.4, 0.5) is 10.5 Å². The second kappa shape index (κ2) is 4.95. The van der Waals surface area contributed by atoms with Crippen LogP contribution in [0.1, 0.15) is 10.4 Å². The van der Waals surface area contributed by atoms with Crippen molar-refractivity contribution in [2.75, 3.05) is 31.1 Å². The molecule has 6 nitrogen and oxygen atoms in total. The van der Waals surface area contributed by atoms with Crippen LogP contribution < -0.4 is 10.6 Å². The van der Waals surface area contributed by atoms with E-state index in [1.807, 2.05) is 12.1 Å². The Morgan fingerprint density at radius 1 is 1.06 bits per heavy atom. The van der Waals surface area contributed by atoms with Crippen molar-refractivity contribution in [3.05, 3.63) is 29.8 Å². The van der Waals surface area contributed by atoms with E-state index in [1.54, 1.807) is 12.1 Å². The number of amides is 2. The smallest absolute Gasteiger partial charge is 0.407 e. The fourth-order valence-corrected chi connectivity index (χ4v) is 1.99. The second-order valence-electron chi connectivity index (χ2n) is 4.17. The Balaban J connectivity index is 2.01. The number of nitrogens with zero attached hydrogens (tertiary/aromatic N) is 2. The van der Waals surface area contributed by atoms with Crippen molar-refractivity contribution in [1.82, 2.24) is 4.90 Å². The number of carbonyl (C=O) groups is 2. The molecule has 0 spiro atoms. The lowest BCUT2D eigenvalue weighted by Crippen LogP contribution is -2.48. The van der Waals surface area contributed by atoms with Crippen LogP contribution in [0.5, 0.6) is 0 Å². The zero-order valence-electron chi connectivity index (χ0n) is 9.87. The number of nitrogens with two attached hydrogens (primary N) is 1. The molecule has 0 saturated carbocycles. The molecule has 1 aliphatic heterocycles. The zero-order chi connectivity index (χ0) is 13.1. The predicted octanol–water partition coefficient (Wildman–Crippen LogP) is 0.585. The Hall–Kier alpha value is -2.24. The second-order valence-corrected chi connectivity index (χ2v) is 4.17. The van der Waals surface area contributed by atoms with E-state index in [1.165, 1.54) is 4.90 Å². The maximum atomic E-state index is 10.9. The SMILES string of the molecule is NC(=O)c1ccc(N2CCN(C(=O)O)CC2)cc1. The molecule has 0 aliphatic carbocycles. The zero-order valence-corrected chi connectivity index (χ0v) is 9.87. The van der Waals surface area contributed by atoms with Gasteiger partial charge in [0.25, 0.3) is 0 Å². The van der Waals surface area contributed by atoms with Crippen molar-refractivity contribution in [2.45, 2.75) is 0 Å². The van der Waals surface area contributed by atoms with E-state index >= 15 is 0 Å². The number of carboxylic acid groups (broad SMARTS) is 1. The van der Waals surface area contributed by atoms with Crippen molar-refractivity contribution in [2.24, 2.45) is 5.73 Å². The number of piperazine rings is 1. The molecular weight excluding hydrogens is 234 g/mol. The Morgan fingerprint density at radius 2 is 1.61 bits per heavy atom. The predicted molar refractivity (Wildman–Crippen MR) is 66.8 cm³/mol. The Morgan fingerprint density at radius 3 is 2.06 bits per heavy atom. The highest BCUT2D eigenvalue weighted by molar-refractivity contribution is 5.93. The number of benzene rings is 1.